The van der Waals surface area contributed by atoms with Gasteiger partial charge < -0.3 is 15.2 Å². The Morgan fingerprint density at radius 1 is 1.23 bits per heavy atom. The Morgan fingerprint density at radius 2 is 2.00 bits per heavy atom. The molecule has 8 heteroatoms. The van der Waals surface area contributed by atoms with Crippen LogP contribution in [-0.4, -0.2) is 33.0 Å². The number of carbonyl (C=O) groups is 1. The van der Waals surface area contributed by atoms with Crippen LogP contribution in [0.1, 0.15) is 21.6 Å². The van der Waals surface area contributed by atoms with Crippen molar-refractivity contribution in [1.82, 2.24) is 20.1 Å². The number of pyridine rings is 1. The van der Waals surface area contributed by atoms with Crippen molar-refractivity contribution in [3.8, 4) is 11.4 Å². The molecule has 3 rings (SSSR count). The first-order valence-corrected chi connectivity index (χ1v) is 8.22. The molecule has 0 saturated carbocycles. The van der Waals surface area contributed by atoms with Gasteiger partial charge in [-0.2, -0.15) is 5.10 Å². The highest BCUT2D eigenvalue weighted by molar-refractivity contribution is 6.29. The first-order chi connectivity index (χ1) is 12.6. The van der Waals surface area contributed by atoms with Crippen molar-refractivity contribution >= 4 is 17.6 Å². The lowest BCUT2D eigenvalue weighted by molar-refractivity contribution is 0.0688. The van der Waals surface area contributed by atoms with Crippen LogP contribution in [0.5, 0.6) is 5.75 Å². The largest absolute Gasteiger partial charge is 0.497 e. The molecule has 0 aliphatic heterocycles. The molecule has 134 valence electrons. The fourth-order valence-corrected chi connectivity index (χ4v) is 2.55. The van der Waals surface area contributed by atoms with Gasteiger partial charge >= 0.3 is 5.97 Å². The zero-order valence-corrected chi connectivity index (χ0v) is 14.8. The van der Waals surface area contributed by atoms with Gasteiger partial charge in [0.15, 0.2) is 5.69 Å². The molecule has 0 aliphatic carbocycles. The molecule has 3 aromatic rings. The maximum Gasteiger partial charge on any atom is 0.356 e. The Hall–Kier alpha value is -2.90. The number of benzene rings is 1. The van der Waals surface area contributed by atoms with Crippen molar-refractivity contribution in [2.75, 3.05) is 7.11 Å². The number of ether oxygens (including phenoxy) is 1. The molecule has 1 aromatic carbocycles. The highest BCUT2D eigenvalue weighted by atomic mass is 35.5. The van der Waals surface area contributed by atoms with Gasteiger partial charge in [0, 0.05) is 24.8 Å². The molecule has 0 radical (unpaired) electrons. The van der Waals surface area contributed by atoms with Gasteiger partial charge in [-0.1, -0.05) is 23.7 Å². The molecule has 2 aromatic heterocycles. The lowest BCUT2D eigenvalue weighted by Gasteiger charge is -2.05. The number of nitrogens with zero attached hydrogens (tertiary/aromatic N) is 3. The van der Waals surface area contributed by atoms with Crippen LogP contribution in [0.3, 0.4) is 0 Å². The van der Waals surface area contributed by atoms with Gasteiger partial charge in [0.1, 0.15) is 10.9 Å². The van der Waals surface area contributed by atoms with E-state index in [1.54, 1.807) is 25.4 Å². The van der Waals surface area contributed by atoms with Crippen LogP contribution in [-0.2, 0) is 13.1 Å². The Bertz CT molecular complexity index is 892. The summed E-state index contributed by atoms with van der Waals surface area (Å²) in [5.74, 6) is -0.285. The Morgan fingerprint density at radius 3 is 2.62 bits per heavy atom. The molecular weight excluding hydrogens is 356 g/mol. The number of aromatic carboxylic acids is 1. The topological polar surface area (TPSA) is 89.3 Å². The molecular formula is C18H17ClN4O3. The van der Waals surface area contributed by atoms with Gasteiger partial charge in [-0.05, 0) is 29.8 Å². The van der Waals surface area contributed by atoms with E-state index in [2.05, 4.69) is 15.4 Å². The van der Waals surface area contributed by atoms with E-state index in [4.69, 9.17) is 16.3 Å². The molecule has 0 atom stereocenters. The molecule has 2 heterocycles. The zero-order chi connectivity index (χ0) is 18.5. The molecule has 0 unspecified atom stereocenters. The van der Waals surface area contributed by atoms with E-state index in [1.807, 2.05) is 24.3 Å². The number of aromatic nitrogens is 3. The van der Waals surface area contributed by atoms with E-state index in [9.17, 15) is 9.90 Å². The smallest absolute Gasteiger partial charge is 0.356 e. The van der Waals surface area contributed by atoms with Crippen molar-refractivity contribution in [3.05, 3.63) is 70.8 Å². The van der Waals surface area contributed by atoms with E-state index < -0.39 is 5.97 Å². The lowest BCUT2D eigenvalue weighted by atomic mass is 10.2. The first-order valence-electron chi connectivity index (χ1n) is 7.84. The van der Waals surface area contributed by atoms with Crippen LogP contribution in [0.2, 0.25) is 5.15 Å². The molecule has 0 saturated heterocycles. The minimum atomic E-state index is -1.08. The average Bonchev–Trinajstić information content (AvgIpc) is 3.07. The van der Waals surface area contributed by atoms with Gasteiger partial charge in [-0.3, -0.25) is 0 Å². The Kier molecular flexibility index (Phi) is 5.50. The minimum Gasteiger partial charge on any atom is -0.497 e. The number of carboxylic acids is 1. The van der Waals surface area contributed by atoms with E-state index in [0.717, 1.165) is 11.3 Å². The highest BCUT2D eigenvalue weighted by Crippen LogP contribution is 2.15. The van der Waals surface area contributed by atoms with Gasteiger partial charge in [0.05, 0.1) is 19.0 Å². The van der Waals surface area contributed by atoms with Crippen LogP contribution >= 0.6 is 11.6 Å². The monoisotopic (exact) mass is 372 g/mol. The van der Waals surface area contributed by atoms with E-state index >= 15 is 0 Å². The number of methoxy groups -OCH3 is 1. The molecule has 0 fully saturated rings. The number of rotatable bonds is 7. The Labute approximate surface area is 155 Å². The van der Waals surface area contributed by atoms with Gasteiger partial charge in [0.2, 0.25) is 0 Å². The molecule has 26 heavy (non-hydrogen) atoms. The van der Waals surface area contributed by atoms with Crippen LogP contribution in [0.15, 0.2) is 48.8 Å². The predicted molar refractivity (Wildman–Crippen MR) is 96.9 cm³/mol. The summed E-state index contributed by atoms with van der Waals surface area (Å²) >= 11 is 5.78. The minimum absolute atomic E-state index is 0.00202. The van der Waals surface area contributed by atoms with Crippen molar-refractivity contribution < 1.29 is 14.6 Å². The van der Waals surface area contributed by atoms with Crippen LogP contribution in [0.25, 0.3) is 5.69 Å². The number of hydrogen-bond donors (Lipinski definition) is 2. The Balaban J connectivity index is 1.71. The van der Waals surface area contributed by atoms with Gasteiger partial charge in [-0.25, -0.2) is 14.5 Å². The summed E-state index contributed by atoms with van der Waals surface area (Å²) in [5.41, 5.74) is 2.29. The van der Waals surface area contributed by atoms with Crippen LogP contribution in [0.4, 0.5) is 0 Å². The highest BCUT2D eigenvalue weighted by Gasteiger charge is 2.16. The first kappa shape index (κ1) is 17.9. The zero-order valence-electron chi connectivity index (χ0n) is 14.0. The van der Waals surface area contributed by atoms with Crippen molar-refractivity contribution in [2.24, 2.45) is 0 Å². The SMILES string of the molecule is COc1ccc(CNCc2cn(-c3ccc(Cl)nc3)nc2C(=O)O)cc1. The molecule has 2 N–H and O–H groups in total. The fourth-order valence-electron chi connectivity index (χ4n) is 2.44. The summed E-state index contributed by atoms with van der Waals surface area (Å²) in [6, 6.07) is 11.0. The third-order valence-corrected chi connectivity index (χ3v) is 4.00. The summed E-state index contributed by atoms with van der Waals surface area (Å²) < 4.78 is 6.61. The van der Waals surface area contributed by atoms with Crippen molar-refractivity contribution in [3.63, 3.8) is 0 Å². The summed E-state index contributed by atoms with van der Waals surface area (Å²) in [5, 5.41) is 17.1. The number of halogens is 1. The van der Waals surface area contributed by atoms with Crippen molar-refractivity contribution in [1.29, 1.82) is 0 Å². The number of hydrogen-bond acceptors (Lipinski definition) is 5. The van der Waals surface area contributed by atoms with Crippen LogP contribution in [0, 0.1) is 0 Å². The fraction of sp³-hybridized carbons (Fsp3) is 0.167. The molecule has 0 bridgehead atoms. The normalized spacial score (nSPS) is 10.7. The molecule has 7 nitrogen and oxygen atoms in total. The third kappa shape index (κ3) is 4.19. The second kappa shape index (κ2) is 7.99. The van der Waals surface area contributed by atoms with E-state index in [0.29, 0.717) is 29.5 Å². The third-order valence-electron chi connectivity index (χ3n) is 3.77. The maximum absolute atomic E-state index is 11.5. The number of nitrogens with one attached hydrogen (secondary N) is 1. The lowest BCUT2D eigenvalue weighted by Crippen LogP contribution is -2.14. The molecule has 0 aliphatic rings. The quantitative estimate of drug-likeness (QED) is 0.620. The molecule has 0 spiro atoms. The van der Waals surface area contributed by atoms with Crippen LogP contribution < -0.4 is 10.1 Å². The van der Waals surface area contributed by atoms with Crippen molar-refractivity contribution in [2.45, 2.75) is 13.1 Å². The second-order valence-corrected chi connectivity index (χ2v) is 5.93. The number of carboxylic acid groups (broad SMARTS) is 1. The summed E-state index contributed by atoms with van der Waals surface area (Å²) in [6.45, 7) is 0.964. The average molecular weight is 373 g/mol. The second-order valence-electron chi connectivity index (χ2n) is 5.54. The summed E-state index contributed by atoms with van der Waals surface area (Å²) in [4.78, 5) is 15.5. The standard InChI is InChI=1S/C18H17ClN4O3/c1-26-15-5-2-12(3-6-15)8-20-9-13-11-23(22-17(13)18(24)25)14-4-7-16(19)21-10-14/h2-7,10-11,20H,8-9H2,1H3,(H,24,25). The maximum atomic E-state index is 11.5. The predicted octanol–water partition coefficient (Wildman–Crippen LogP) is 2.92. The van der Waals surface area contributed by atoms with Gasteiger partial charge in [0.25, 0.3) is 0 Å². The van der Waals surface area contributed by atoms with E-state index in [-0.39, 0.29) is 5.69 Å². The molecule has 0 amide bonds. The van der Waals surface area contributed by atoms with Gasteiger partial charge in [-0.15, -0.1) is 0 Å². The summed E-state index contributed by atoms with van der Waals surface area (Å²) in [7, 11) is 1.62. The van der Waals surface area contributed by atoms with E-state index in [1.165, 1.54) is 10.9 Å². The summed E-state index contributed by atoms with van der Waals surface area (Å²) in [6.07, 6.45) is 3.21.